The van der Waals surface area contributed by atoms with Gasteiger partial charge in [-0.2, -0.15) is 0 Å². The minimum atomic E-state index is -0.525. The molecule has 2 nitrogen and oxygen atoms in total. The van der Waals surface area contributed by atoms with Gasteiger partial charge in [-0.1, -0.05) is 51.1 Å². The van der Waals surface area contributed by atoms with Crippen molar-refractivity contribution in [1.82, 2.24) is 0 Å². The topological polar surface area (TPSA) is 29.5 Å². The van der Waals surface area contributed by atoms with E-state index in [1.54, 1.807) is 7.11 Å². The standard InChI is InChI=1S/C17H26O2/c1-16(2,3)14-10-11-17(19-4,15(18)12-14)13-8-6-5-7-9-13/h5-9,14-15,18H,10-12H2,1-4H3/t14-,15-,17-/m0/s1. The summed E-state index contributed by atoms with van der Waals surface area (Å²) in [5.74, 6) is 0.550. The molecule has 1 N–H and O–H groups in total. The van der Waals surface area contributed by atoms with Crippen LogP contribution in [0.3, 0.4) is 0 Å². The van der Waals surface area contributed by atoms with E-state index in [-0.39, 0.29) is 5.41 Å². The molecule has 0 saturated heterocycles. The van der Waals surface area contributed by atoms with Gasteiger partial charge >= 0.3 is 0 Å². The van der Waals surface area contributed by atoms with E-state index >= 15 is 0 Å². The van der Waals surface area contributed by atoms with Gasteiger partial charge < -0.3 is 9.84 Å². The lowest BCUT2D eigenvalue weighted by Gasteiger charge is -2.46. The maximum absolute atomic E-state index is 10.7. The molecule has 106 valence electrons. The summed E-state index contributed by atoms with van der Waals surface area (Å²) in [6, 6.07) is 10.1. The molecule has 0 amide bonds. The minimum Gasteiger partial charge on any atom is -0.390 e. The van der Waals surface area contributed by atoms with Gasteiger partial charge in [0.25, 0.3) is 0 Å². The van der Waals surface area contributed by atoms with Crippen LogP contribution in [0, 0.1) is 11.3 Å². The molecule has 0 unspecified atom stereocenters. The lowest BCUT2D eigenvalue weighted by molar-refractivity contribution is -0.149. The number of hydrogen-bond acceptors (Lipinski definition) is 2. The third-order valence-electron chi connectivity index (χ3n) is 4.76. The Morgan fingerprint density at radius 3 is 2.32 bits per heavy atom. The Morgan fingerprint density at radius 2 is 1.84 bits per heavy atom. The molecule has 0 aromatic heterocycles. The zero-order valence-electron chi connectivity index (χ0n) is 12.5. The van der Waals surface area contributed by atoms with Crippen LogP contribution in [0.5, 0.6) is 0 Å². The summed E-state index contributed by atoms with van der Waals surface area (Å²) in [6.45, 7) is 6.77. The maximum Gasteiger partial charge on any atom is 0.118 e. The van der Waals surface area contributed by atoms with Gasteiger partial charge in [0.15, 0.2) is 0 Å². The van der Waals surface area contributed by atoms with Crippen molar-refractivity contribution in [2.24, 2.45) is 11.3 Å². The van der Waals surface area contributed by atoms with Crippen molar-refractivity contribution in [3.05, 3.63) is 35.9 Å². The van der Waals surface area contributed by atoms with Crippen molar-refractivity contribution in [3.63, 3.8) is 0 Å². The molecule has 0 bridgehead atoms. The highest BCUT2D eigenvalue weighted by atomic mass is 16.5. The van der Waals surface area contributed by atoms with Crippen molar-refractivity contribution in [2.45, 2.75) is 51.7 Å². The number of aliphatic hydroxyl groups is 1. The fourth-order valence-electron chi connectivity index (χ4n) is 3.33. The number of ether oxygens (including phenoxy) is 1. The molecule has 1 aromatic carbocycles. The van der Waals surface area contributed by atoms with Crippen LogP contribution in [-0.4, -0.2) is 18.3 Å². The maximum atomic E-state index is 10.7. The van der Waals surface area contributed by atoms with Crippen LogP contribution in [0.1, 0.15) is 45.6 Å². The molecule has 0 heterocycles. The lowest BCUT2D eigenvalue weighted by atomic mass is 9.65. The number of methoxy groups -OCH3 is 1. The van der Waals surface area contributed by atoms with E-state index in [1.807, 2.05) is 18.2 Å². The fourth-order valence-corrected chi connectivity index (χ4v) is 3.33. The molecule has 0 spiro atoms. The predicted octanol–water partition coefficient (Wildman–Crippen LogP) is 3.74. The van der Waals surface area contributed by atoms with Gasteiger partial charge in [0.1, 0.15) is 5.60 Å². The highest BCUT2D eigenvalue weighted by Crippen LogP contribution is 2.47. The van der Waals surface area contributed by atoms with Crippen LogP contribution in [0.15, 0.2) is 30.3 Å². The van der Waals surface area contributed by atoms with Gasteiger partial charge in [-0.3, -0.25) is 0 Å². The summed E-state index contributed by atoms with van der Waals surface area (Å²) in [7, 11) is 1.72. The van der Waals surface area contributed by atoms with Crippen LogP contribution < -0.4 is 0 Å². The Balaban J connectivity index is 2.25. The average molecular weight is 262 g/mol. The monoisotopic (exact) mass is 262 g/mol. The van der Waals surface area contributed by atoms with Crippen molar-refractivity contribution >= 4 is 0 Å². The first-order valence-corrected chi connectivity index (χ1v) is 7.19. The van der Waals surface area contributed by atoms with Crippen LogP contribution in [-0.2, 0) is 10.3 Å². The lowest BCUT2D eigenvalue weighted by Crippen LogP contribution is -2.48. The predicted molar refractivity (Wildman–Crippen MR) is 77.9 cm³/mol. The van der Waals surface area contributed by atoms with Crippen LogP contribution >= 0.6 is 0 Å². The van der Waals surface area contributed by atoms with Gasteiger partial charge in [0, 0.05) is 7.11 Å². The second kappa shape index (κ2) is 5.26. The molecule has 2 heteroatoms. The van der Waals surface area contributed by atoms with Crippen molar-refractivity contribution in [1.29, 1.82) is 0 Å². The molecule has 1 aliphatic rings. The van der Waals surface area contributed by atoms with Crippen LogP contribution in [0.4, 0.5) is 0 Å². The third kappa shape index (κ3) is 2.70. The normalized spacial score (nSPS) is 32.3. The van der Waals surface area contributed by atoms with Crippen LogP contribution in [0.25, 0.3) is 0 Å². The largest absolute Gasteiger partial charge is 0.390 e. The molecule has 2 rings (SSSR count). The summed E-state index contributed by atoms with van der Waals surface area (Å²) >= 11 is 0. The second-order valence-corrected chi connectivity index (χ2v) is 6.81. The Kier molecular flexibility index (Phi) is 4.03. The van der Waals surface area contributed by atoms with Gasteiger partial charge in [-0.15, -0.1) is 0 Å². The van der Waals surface area contributed by atoms with Crippen molar-refractivity contribution in [3.8, 4) is 0 Å². The van der Waals surface area contributed by atoms with Gasteiger partial charge in [-0.05, 0) is 36.2 Å². The summed E-state index contributed by atoms with van der Waals surface area (Å²) in [5.41, 5.74) is 0.818. The highest BCUT2D eigenvalue weighted by molar-refractivity contribution is 5.25. The molecular weight excluding hydrogens is 236 g/mol. The van der Waals surface area contributed by atoms with E-state index in [1.165, 1.54) is 0 Å². The quantitative estimate of drug-likeness (QED) is 0.880. The molecule has 0 radical (unpaired) electrons. The zero-order valence-corrected chi connectivity index (χ0v) is 12.5. The fraction of sp³-hybridized carbons (Fsp3) is 0.647. The summed E-state index contributed by atoms with van der Waals surface area (Å²) in [5, 5.41) is 10.7. The number of aliphatic hydroxyl groups excluding tert-OH is 1. The third-order valence-corrected chi connectivity index (χ3v) is 4.76. The van der Waals surface area contributed by atoms with Crippen molar-refractivity contribution < 1.29 is 9.84 Å². The average Bonchev–Trinajstić information content (AvgIpc) is 2.39. The SMILES string of the molecule is CO[C@]1(c2ccccc2)CC[C@H](C(C)(C)C)C[C@@H]1O. The smallest absolute Gasteiger partial charge is 0.118 e. The number of hydrogen-bond donors (Lipinski definition) is 1. The molecule has 1 aliphatic carbocycles. The summed E-state index contributed by atoms with van der Waals surface area (Å²) < 4.78 is 5.79. The first kappa shape index (κ1) is 14.5. The minimum absolute atomic E-state index is 0.248. The molecule has 1 saturated carbocycles. The zero-order chi connectivity index (χ0) is 14.1. The Bertz CT molecular complexity index is 407. The van der Waals surface area contributed by atoms with E-state index in [4.69, 9.17) is 4.74 Å². The van der Waals surface area contributed by atoms with Gasteiger partial charge in [0.2, 0.25) is 0 Å². The second-order valence-electron chi connectivity index (χ2n) is 6.81. The van der Waals surface area contributed by atoms with E-state index in [9.17, 15) is 5.11 Å². The first-order valence-electron chi connectivity index (χ1n) is 7.19. The first-order chi connectivity index (χ1) is 8.90. The molecule has 0 aliphatic heterocycles. The van der Waals surface area contributed by atoms with E-state index in [2.05, 4.69) is 32.9 Å². The molecule has 1 fully saturated rings. The van der Waals surface area contributed by atoms with E-state index < -0.39 is 11.7 Å². The highest BCUT2D eigenvalue weighted by Gasteiger charge is 2.46. The van der Waals surface area contributed by atoms with Gasteiger partial charge in [0.05, 0.1) is 6.10 Å². The van der Waals surface area contributed by atoms with Crippen LogP contribution in [0.2, 0.25) is 0 Å². The van der Waals surface area contributed by atoms with E-state index in [0.717, 1.165) is 24.8 Å². The summed E-state index contributed by atoms with van der Waals surface area (Å²) in [4.78, 5) is 0. The molecular formula is C17H26O2. The van der Waals surface area contributed by atoms with Gasteiger partial charge in [-0.25, -0.2) is 0 Å². The Morgan fingerprint density at radius 1 is 1.21 bits per heavy atom. The van der Waals surface area contributed by atoms with Crippen molar-refractivity contribution in [2.75, 3.05) is 7.11 Å². The summed E-state index contributed by atoms with van der Waals surface area (Å²) in [6.07, 6.45) is 2.37. The van der Waals surface area contributed by atoms with E-state index in [0.29, 0.717) is 5.92 Å². The molecule has 19 heavy (non-hydrogen) atoms. The molecule has 3 atom stereocenters. The Labute approximate surface area is 116 Å². The Hall–Kier alpha value is -0.860. The number of rotatable bonds is 2. The number of benzene rings is 1. The molecule has 1 aromatic rings.